The molecule has 1 N–H and O–H groups in total. The van der Waals surface area contributed by atoms with Gasteiger partial charge in [0.05, 0.1) is 17.3 Å². The summed E-state index contributed by atoms with van der Waals surface area (Å²) in [5.74, 6) is 2.15. The molecule has 0 saturated heterocycles. The van der Waals surface area contributed by atoms with Gasteiger partial charge in [-0.05, 0) is 25.0 Å². The minimum Gasteiger partial charge on any atom is -0.492 e. The lowest BCUT2D eigenvalue weighted by Crippen LogP contribution is -2.20. The van der Waals surface area contributed by atoms with E-state index in [0.717, 1.165) is 29.2 Å². The van der Waals surface area contributed by atoms with Crippen molar-refractivity contribution in [2.45, 2.75) is 25.8 Å². The number of halogens is 1. The molecule has 0 amide bonds. The topological polar surface area (TPSA) is 60.7 Å². The highest BCUT2D eigenvalue weighted by Crippen LogP contribution is 2.25. The molecule has 1 aromatic heterocycles. The van der Waals surface area contributed by atoms with Gasteiger partial charge in [-0.15, -0.1) is 5.10 Å². The predicted octanol–water partition coefficient (Wildman–Crippen LogP) is 3.32. The van der Waals surface area contributed by atoms with E-state index in [1.807, 2.05) is 45.2 Å². The second kappa shape index (κ2) is 8.01. The molecular weight excluding hydrogens is 360 g/mol. The van der Waals surface area contributed by atoms with Crippen LogP contribution in [-0.4, -0.2) is 33.6 Å². The zero-order valence-electron chi connectivity index (χ0n) is 14.5. The van der Waals surface area contributed by atoms with Crippen molar-refractivity contribution in [3.63, 3.8) is 0 Å². The molecule has 1 atom stereocenters. The number of nitrogens with zero attached hydrogens (tertiary/aromatic N) is 3. The molecule has 2 heterocycles. The van der Waals surface area contributed by atoms with Crippen molar-refractivity contribution in [3.8, 4) is 5.75 Å². The number of rotatable bonds is 7. The molecule has 6 nitrogen and oxygen atoms in total. The van der Waals surface area contributed by atoms with Gasteiger partial charge in [0.1, 0.15) is 11.4 Å². The molecule has 0 aliphatic carbocycles. The first-order valence-corrected chi connectivity index (χ1v) is 9.54. The van der Waals surface area contributed by atoms with Crippen LogP contribution in [0.3, 0.4) is 0 Å². The molecule has 3 rings (SSSR count). The first kappa shape index (κ1) is 17.9. The quantitative estimate of drug-likeness (QED) is 0.746. The number of hydrogen-bond donors (Lipinski definition) is 1. The molecule has 0 fully saturated rings. The van der Waals surface area contributed by atoms with Crippen LogP contribution in [0.5, 0.6) is 5.75 Å². The molecule has 2 aromatic rings. The zero-order valence-corrected chi connectivity index (χ0v) is 16.0. The molecule has 1 aliphatic rings. The summed E-state index contributed by atoms with van der Waals surface area (Å²) in [6.07, 6.45) is 0.766. The van der Waals surface area contributed by atoms with Gasteiger partial charge in [0.25, 0.3) is 5.90 Å². The normalized spacial score (nSPS) is 16.3. The summed E-state index contributed by atoms with van der Waals surface area (Å²) in [6, 6.07) is 7.98. The van der Waals surface area contributed by atoms with E-state index >= 15 is 0 Å². The highest BCUT2D eigenvalue weighted by Gasteiger charge is 2.27. The van der Waals surface area contributed by atoms with Crippen LogP contribution in [-0.2, 0) is 18.2 Å². The molecule has 1 unspecified atom stereocenters. The van der Waals surface area contributed by atoms with E-state index in [4.69, 9.17) is 21.1 Å². The summed E-state index contributed by atoms with van der Waals surface area (Å²) in [5, 5.41) is 9.23. The van der Waals surface area contributed by atoms with Crippen LogP contribution in [0.25, 0.3) is 0 Å². The van der Waals surface area contributed by atoms with Crippen LogP contribution in [0.15, 0.2) is 29.4 Å². The molecule has 0 radical (unpaired) electrons. The number of thioether (sulfide) groups is 1. The zero-order chi connectivity index (χ0) is 17.8. The van der Waals surface area contributed by atoms with Crippen molar-refractivity contribution in [1.82, 2.24) is 15.2 Å². The summed E-state index contributed by atoms with van der Waals surface area (Å²) < 4.78 is 13.3. The lowest BCUT2D eigenvalue weighted by Gasteiger charge is -2.12. The first-order chi connectivity index (χ1) is 12.1. The van der Waals surface area contributed by atoms with Crippen LogP contribution in [0.2, 0.25) is 5.02 Å². The van der Waals surface area contributed by atoms with Crippen LogP contribution >= 0.6 is 23.4 Å². The number of para-hydroxylation sites is 1. The Morgan fingerprint density at radius 1 is 1.40 bits per heavy atom. The molecule has 1 aliphatic heterocycles. The van der Waals surface area contributed by atoms with Gasteiger partial charge in [-0.2, -0.15) is 5.10 Å². The van der Waals surface area contributed by atoms with Crippen LogP contribution in [0.4, 0.5) is 0 Å². The summed E-state index contributed by atoms with van der Waals surface area (Å²) in [6.45, 7) is 4.64. The molecular formula is C17H21ClN4O2S. The maximum absolute atomic E-state index is 6.37. The molecule has 8 heteroatoms. The number of benzene rings is 1. The fourth-order valence-corrected chi connectivity index (χ4v) is 3.54. The molecule has 0 spiro atoms. The van der Waals surface area contributed by atoms with Gasteiger partial charge in [-0.1, -0.05) is 48.5 Å². The molecule has 0 saturated carbocycles. The predicted molar refractivity (Wildman–Crippen MR) is 101 cm³/mol. The highest BCUT2D eigenvalue weighted by atomic mass is 35.5. The Hall–Kier alpha value is -1.86. The third-order valence-corrected chi connectivity index (χ3v) is 5.09. The van der Waals surface area contributed by atoms with Crippen molar-refractivity contribution >= 4 is 29.3 Å². The number of nitrogens with one attached hydrogen (secondary N) is 1. The van der Waals surface area contributed by atoms with E-state index in [1.54, 1.807) is 16.4 Å². The molecule has 1 aromatic carbocycles. The van der Waals surface area contributed by atoms with Gasteiger partial charge in [-0.3, -0.25) is 10.1 Å². The maximum atomic E-state index is 6.37. The van der Waals surface area contributed by atoms with E-state index < -0.39 is 0 Å². The lowest BCUT2D eigenvalue weighted by molar-refractivity contribution is 0.277. The minimum atomic E-state index is -0.258. The first-order valence-electron chi connectivity index (χ1n) is 8.11. The Balaban J connectivity index is 1.48. The highest BCUT2D eigenvalue weighted by molar-refractivity contribution is 7.99. The summed E-state index contributed by atoms with van der Waals surface area (Å²) >= 11 is 7.95. The van der Waals surface area contributed by atoms with E-state index in [1.165, 1.54) is 0 Å². The average Bonchev–Trinajstić information content (AvgIpc) is 3.17. The van der Waals surface area contributed by atoms with E-state index in [2.05, 4.69) is 15.6 Å². The van der Waals surface area contributed by atoms with Crippen molar-refractivity contribution in [1.29, 1.82) is 0 Å². The molecule has 134 valence electrons. The summed E-state index contributed by atoms with van der Waals surface area (Å²) in [7, 11) is 1.84. The van der Waals surface area contributed by atoms with Crippen molar-refractivity contribution in [3.05, 3.63) is 46.2 Å². The second-order valence-electron chi connectivity index (χ2n) is 5.57. The van der Waals surface area contributed by atoms with E-state index in [-0.39, 0.29) is 5.56 Å². The van der Waals surface area contributed by atoms with Gasteiger partial charge >= 0.3 is 0 Å². The standard InChI is InChI=1S/C17H21ClN4O2S/c1-4-12-14(18)15(22(3)21-12)16-19-20-17(24-16)25-10-9-23-13-8-6-5-7-11(13)2/h5-8,17,20H,4,9-10H2,1-3H3. The van der Waals surface area contributed by atoms with Gasteiger partial charge in [0.2, 0.25) is 5.56 Å². The van der Waals surface area contributed by atoms with E-state index in [9.17, 15) is 0 Å². The lowest BCUT2D eigenvalue weighted by atomic mass is 10.2. The van der Waals surface area contributed by atoms with Gasteiger partial charge in [-0.25, -0.2) is 0 Å². The summed E-state index contributed by atoms with van der Waals surface area (Å²) in [4.78, 5) is 0. The SMILES string of the molecule is CCc1nn(C)c(C2=NNC(SCCOc3ccccc3C)O2)c1Cl. The minimum absolute atomic E-state index is 0.258. The Morgan fingerprint density at radius 3 is 2.92 bits per heavy atom. The largest absolute Gasteiger partial charge is 0.492 e. The van der Waals surface area contributed by atoms with Crippen molar-refractivity contribution in [2.75, 3.05) is 12.4 Å². The summed E-state index contributed by atoms with van der Waals surface area (Å²) in [5.41, 5.74) is 5.38. The fraction of sp³-hybridized carbons (Fsp3) is 0.412. The Kier molecular flexibility index (Phi) is 5.75. The van der Waals surface area contributed by atoms with Crippen LogP contribution < -0.4 is 10.2 Å². The number of aromatic nitrogens is 2. The van der Waals surface area contributed by atoms with Crippen molar-refractivity contribution in [2.24, 2.45) is 12.1 Å². The number of ether oxygens (including phenoxy) is 2. The number of hydrogen-bond acceptors (Lipinski definition) is 6. The Labute approximate surface area is 156 Å². The second-order valence-corrected chi connectivity index (χ2v) is 7.11. The third-order valence-electron chi connectivity index (χ3n) is 3.79. The van der Waals surface area contributed by atoms with Crippen LogP contribution in [0.1, 0.15) is 23.9 Å². The smallest absolute Gasteiger partial charge is 0.260 e. The third kappa shape index (κ3) is 4.04. The fourth-order valence-electron chi connectivity index (χ4n) is 2.48. The number of aryl methyl sites for hydroxylation is 3. The monoisotopic (exact) mass is 380 g/mol. The number of hydrazone groups is 1. The Bertz CT molecular complexity index is 778. The van der Waals surface area contributed by atoms with Gasteiger partial charge < -0.3 is 9.47 Å². The Morgan fingerprint density at radius 2 is 2.20 bits per heavy atom. The van der Waals surface area contributed by atoms with Gasteiger partial charge in [0, 0.05) is 12.8 Å². The van der Waals surface area contributed by atoms with Crippen molar-refractivity contribution < 1.29 is 9.47 Å². The van der Waals surface area contributed by atoms with Gasteiger partial charge in [0.15, 0.2) is 0 Å². The molecule has 25 heavy (non-hydrogen) atoms. The average molecular weight is 381 g/mol. The van der Waals surface area contributed by atoms with E-state index in [0.29, 0.717) is 23.2 Å². The molecule has 0 bridgehead atoms. The maximum Gasteiger partial charge on any atom is 0.260 e. The van der Waals surface area contributed by atoms with Crippen LogP contribution in [0, 0.1) is 6.92 Å².